The van der Waals surface area contributed by atoms with Gasteiger partial charge in [-0.2, -0.15) is 0 Å². The number of carbonyl (C=O) groups excluding carboxylic acids is 1. The minimum atomic E-state index is -1.12. The minimum absolute atomic E-state index is 0.0895. The van der Waals surface area contributed by atoms with Crippen molar-refractivity contribution < 1.29 is 15.0 Å². The monoisotopic (exact) mass is 339 g/mol. The van der Waals surface area contributed by atoms with E-state index in [1.54, 1.807) is 23.1 Å². The summed E-state index contributed by atoms with van der Waals surface area (Å²) in [5, 5.41) is 24.0. The van der Waals surface area contributed by atoms with Crippen LogP contribution in [0.15, 0.2) is 48.4 Å². The van der Waals surface area contributed by atoms with Crippen LogP contribution in [0.25, 0.3) is 5.76 Å². The summed E-state index contributed by atoms with van der Waals surface area (Å²) in [4.78, 5) is 18.1. The lowest BCUT2D eigenvalue weighted by Crippen LogP contribution is -2.46. The van der Waals surface area contributed by atoms with Crippen molar-refractivity contribution in [1.29, 1.82) is 0 Å². The molecule has 0 fully saturated rings. The van der Waals surface area contributed by atoms with Crippen molar-refractivity contribution in [3.8, 4) is 0 Å². The minimum Gasteiger partial charge on any atom is -0.505 e. The molecule has 25 heavy (non-hydrogen) atoms. The third-order valence-electron chi connectivity index (χ3n) is 4.18. The number of pyridine rings is 1. The van der Waals surface area contributed by atoms with Crippen LogP contribution < -0.4 is 10.2 Å². The van der Waals surface area contributed by atoms with Gasteiger partial charge in [0.25, 0.3) is 5.91 Å². The first-order valence-electron chi connectivity index (χ1n) is 8.23. The number of anilines is 1. The van der Waals surface area contributed by atoms with E-state index in [2.05, 4.69) is 10.3 Å². The number of aromatic nitrogens is 1. The lowest BCUT2D eigenvalue weighted by Gasteiger charge is -2.37. The van der Waals surface area contributed by atoms with Crippen molar-refractivity contribution in [2.24, 2.45) is 0 Å². The second kappa shape index (κ2) is 6.94. The van der Waals surface area contributed by atoms with E-state index in [-0.39, 0.29) is 11.5 Å². The number of aliphatic hydroxyl groups is 2. The Balaban J connectivity index is 2.01. The highest BCUT2D eigenvalue weighted by atomic mass is 16.3. The highest BCUT2D eigenvalue weighted by Crippen LogP contribution is 2.36. The molecule has 1 aliphatic rings. The highest BCUT2D eigenvalue weighted by Gasteiger charge is 2.32. The van der Waals surface area contributed by atoms with E-state index < -0.39 is 12.1 Å². The van der Waals surface area contributed by atoms with Gasteiger partial charge in [0, 0.05) is 30.1 Å². The molecule has 6 nitrogen and oxygen atoms in total. The van der Waals surface area contributed by atoms with Crippen LogP contribution in [0.3, 0.4) is 0 Å². The van der Waals surface area contributed by atoms with Crippen LogP contribution in [0.4, 0.5) is 5.69 Å². The van der Waals surface area contributed by atoms with Gasteiger partial charge in [0.05, 0.1) is 5.69 Å². The Hall–Kier alpha value is -2.86. The van der Waals surface area contributed by atoms with Crippen LogP contribution in [-0.2, 0) is 0 Å². The van der Waals surface area contributed by atoms with Gasteiger partial charge in [0.2, 0.25) is 0 Å². The summed E-state index contributed by atoms with van der Waals surface area (Å²) in [6, 6.07) is 8.75. The Morgan fingerprint density at radius 3 is 2.68 bits per heavy atom. The molecule has 2 aromatic rings. The van der Waals surface area contributed by atoms with Gasteiger partial charge >= 0.3 is 0 Å². The molecule has 6 heteroatoms. The number of aliphatic hydroxyl groups excluding tert-OH is 2. The zero-order valence-electron chi connectivity index (χ0n) is 14.2. The first kappa shape index (κ1) is 17.0. The summed E-state index contributed by atoms with van der Waals surface area (Å²) in [6.07, 6.45) is 2.72. The molecule has 1 aromatic heterocycles. The number of nitrogens with one attached hydrogen (secondary N) is 1. The highest BCUT2D eigenvalue weighted by molar-refractivity contribution is 5.96. The number of rotatable bonds is 4. The van der Waals surface area contributed by atoms with Gasteiger partial charge in [-0.05, 0) is 43.2 Å². The van der Waals surface area contributed by atoms with Gasteiger partial charge in [0.15, 0.2) is 6.23 Å². The lowest BCUT2D eigenvalue weighted by atomic mass is 10.00. The Morgan fingerprint density at radius 2 is 2.00 bits per heavy atom. The van der Waals surface area contributed by atoms with Crippen molar-refractivity contribution in [3.05, 3.63) is 65.1 Å². The SMILES string of the molecule is CCCN1c2cc(C)ccc2C(O)=C(NC(=O)c2ccncc2)C1O. The molecule has 1 aromatic carbocycles. The Kier molecular flexibility index (Phi) is 4.72. The maximum Gasteiger partial charge on any atom is 0.255 e. The standard InChI is InChI=1S/C19H21N3O3/c1-3-10-22-15-11-12(2)4-5-14(15)17(23)16(19(22)25)21-18(24)13-6-8-20-9-7-13/h4-9,11,19,23,25H,3,10H2,1-2H3,(H,21,24). The van der Waals surface area contributed by atoms with Gasteiger partial charge in [-0.1, -0.05) is 13.0 Å². The molecule has 0 bridgehead atoms. The fraction of sp³-hybridized carbons (Fsp3) is 0.263. The van der Waals surface area contributed by atoms with Crippen molar-refractivity contribution >= 4 is 17.4 Å². The maximum absolute atomic E-state index is 12.4. The molecular weight excluding hydrogens is 318 g/mol. The Morgan fingerprint density at radius 1 is 1.28 bits per heavy atom. The van der Waals surface area contributed by atoms with Gasteiger partial charge in [-0.15, -0.1) is 0 Å². The number of hydrogen-bond acceptors (Lipinski definition) is 5. The lowest BCUT2D eigenvalue weighted by molar-refractivity contribution is 0.0944. The zero-order valence-corrected chi connectivity index (χ0v) is 14.2. The van der Waals surface area contributed by atoms with E-state index in [0.29, 0.717) is 17.7 Å². The first-order chi connectivity index (χ1) is 12.0. The predicted octanol–water partition coefficient (Wildman–Crippen LogP) is 2.60. The van der Waals surface area contributed by atoms with Gasteiger partial charge in [-0.25, -0.2) is 0 Å². The van der Waals surface area contributed by atoms with Crippen LogP contribution in [0.5, 0.6) is 0 Å². The van der Waals surface area contributed by atoms with Gasteiger partial charge in [0.1, 0.15) is 11.5 Å². The number of amides is 1. The average Bonchev–Trinajstić information content (AvgIpc) is 2.62. The van der Waals surface area contributed by atoms with E-state index in [9.17, 15) is 15.0 Å². The molecule has 1 amide bonds. The maximum atomic E-state index is 12.4. The molecule has 3 rings (SSSR count). The summed E-state index contributed by atoms with van der Waals surface area (Å²) in [5.41, 5.74) is 2.87. The predicted molar refractivity (Wildman–Crippen MR) is 96.1 cm³/mol. The quantitative estimate of drug-likeness (QED) is 0.797. The van der Waals surface area contributed by atoms with Crippen LogP contribution >= 0.6 is 0 Å². The Labute approximate surface area is 146 Å². The average molecular weight is 339 g/mol. The van der Waals surface area contributed by atoms with E-state index in [4.69, 9.17) is 0 Å². The summed E-state index contributed by atoms with van der Waals surface area (Å²) in [5.74, 6) is -0.521. The molecule has 0 aliphatic carbocycles. The Bertz CT molecular complexity index is 818. The molecular formula is C19H21N3O3. The molecule has 130 valence electrons. The molecule has 0 spiro atoms. The van der Waals surface area contributed by atoms with Crippen molar-refractivity contribution in [2.45, 2.75) is 26.5 Å². The smallest absolute Gasteiger partial charge is 0.255 e. The second-order valence-electron chi connectivity index (χ2n) is 6.04. The molecule has 1 aliphatic heterocycles. The fourth-order valence-corrected chi connectivity index (χ4v) is 2.94. The van der Waals surface area contributed by atoms with E-state index >= 15 is 0 Å². The van der Waals surface area contributed by atoms with E-state index in [1.807, 2.05) is 26.0 Å². The molecule has 0 saturated carbocycles. The fourth-order valence-electron chi connectivity index (χ4n) is 2.94. The molecule has 2 heterocycles. The third-order valence-corrected chi connectivity index (χ3v) is 4.18. The van der Waals surface area contributed by atoms with Gasteiger partial charge in [-0.3, -0.25) is 9.78 Å². The number of hydrogen-bond donors (Lipinski definition) is 3. The van der Waals surface area contributed by atoms with E-state index in [1.165, 1.54) is 12.4 Å². The van der Waals surface area contributed by atoms with Crippen molar-refractivity contribution in [2.75, 3.05) is 11.4 Å². The number of fused-ring (bicyclic) bond motifs is 1. The molecule has 0 radical (unpaired) electrons. The topological polar surface area (TPSA) is 85.7 Å². The molecule has 1 atom stereocenters. The summed E-state index contributed by atoms with van der Waals surface area (Å²) in [7, 11) is 0. The number of benzene rings is 1. The number of aryl methyl sites for hydroxylation is 1. The summed E-state index contributed by atoms with van der Waals surface area (Å²) >= 11 is 0. The van der Waals surface area contributed by atoms with Crippen LogP contribution in [0.1, 0.15) is 34.8 Å². The molecule has 1 unspecified atom stereocenters. The van der Waals surface area contributed by atoms with Crippen molar-refractivity contribution in [1.82, 2.24) is 10.3 Å². The zero-order chi connectivity index (χ0) is 18.0. The summed E-state index contributed by atoms with van der Waals surface area (Å²) in [6.45, 7) is 4.56. The second-order valence-corrected chi connectivity index (χ2v) is 6.04. The van der Waals surface area contributed by atoms with Crippen LogP contribution in [0, 0.1) is 6.92 Å². The number of carbonyl (C=O) groups is 1. The van der Waals surface area contributed by atoms with Crippen molar-refractivity contribution in [3.63, 3.8) is 0 Å². The van der Waals surface area contributed by atoms with E-state index in [0.717, 1.165) is 17.7 Å². The third kappa shape index (κ3) is 3.21. The van der Waals surface area contributed by atoms with Gasteiger partial charge < -0.3 is 20.4 Å². The molecule has 0 saturated heterocycles. The largest absolute Gasteiger partial charge is 0.505 e. The van der Waals surface area contributed by atoms with Crippen LogP contribution in [0.2, 0.25) is 0 Å². The number of nitrogens with zero attached hydrogens (tertiary/aromatic N) is 2. The summed E-state index contributed by atoms with van der Waals surface area (Å²) < 4.78 is 0. The van der Waals surface area contributed by atoms with Crippen LogP contribution in [-0.4, -0.2) is 33.9 Å². The molecule has 3 N–H and O–H groups in total. The first-order valence-corrected chi connectivity index (χ1v) is 8.23. The normalized spacial score (nSPS) is 16.6.